The minimum absolute atomic E-state index is 0.179. The van der Waals surface area contributed by atoms with E-state index in [-0.39, 0.29) is 23.4 Å². The van der Waals surface area contributed by atoms with Crippen LogP contribution in [0.4, 0.5) is 5.82 Å². The molecule has 8 heteroatoms. The van der Waals surface area contributed by atoms with Crippen LogP contribution in [0.2, 0.25) is 0 Å². The van der Waals surface area contributed by atoms with E-state index in [0.717, 1.165) is 5.56 Å². The van der Waals surface area contributed by atoms with Crippen LogP contribution in [-0.4, -0.2) is 26.6 Å². The summed E-state index contributed by atoms with van der Waals surface area (Å²) in [7, 11) is 1.64. The molecule has 1 atom stereocenters. The van der Waals surface area contributed by atoms with Crippen LogP contribution in [0.5, 0.6) is 0 Å². The maximum absolute atomic E-state index is 12.4. The van der Waals surface area contributed by atoms with Crippen molar-refractivity contribution >= 4 is 17.6 Å². The predicted octanol–water partition coefficient (Wildman–Crippen LogP) is 2.15. The van der Waals surface area contributed by atoms with Gasteiger partial charge in [0.05, 0.1) is 12.3 Å². The second-order valence-corrected chi connectivity index (χ2v) is 5.45. The molecular weight excluding hydrogens is 322 g/mol. The van der Waals surface area contributed by atoms with Crippen LogP contribution in [0.15, 0.2) is 53.4 Å². The van der Waals surface area contributed by atoms with Gasteiger partial charge in [0.25, 0.3) is 11.8 Å². The number of aryl methyl sites for hydroxylation is 1. The lowest BCUT2D eigenvalue weighted by atomic mass is 10.1. The molecule has 0 fully saturated rings. The predicted molar refractivity (Wildman–Crippen MR) is 90.0 cm³/mol. The average Bonchev–Trinajstić information content (AvgIpc) is 3.26. The molecule has 1 unspecified atom stereocenters. The Balaban J connectivity index is 1.69. The SMILES string of the molecule is CC(NC(=O)c1cc(NC(=O)c2ccco2)n(C)n1)c1ccncc1. The van der Waals surface area contributed by atoms with Crippen LogP contribution in [0, 0.1) is 0 Å². The molecule has 3 heterocycles. The van der Waals surface area contributed by atoms with Crippen molar-refractivity contribution in [3.8, 4) is 0 Å². The number of amides is 2. The highest BCUT2D eigenvalue weighted by Gasteiger charge is 2.18. The second-order valence-electron chi connectivity index (χ2n) is 5.45. The van der Waals surface area contributed by atoms with Crippen LogP contribution >= 0.6 is 0 Å². The van der Waals surface area contributed by atoms with E-state index in [0.29, 0.717) is 5.82 Å². The summed E-state index contributed by atoms with van der Waals surface area (Å²) >= 11 is 0. The van der Waals surface area contributed by atoms with Crippen LogP contribution in [0.3, 0.4) is 0 Å². The number of nitrogens with zero attached hydrogens (tertiary/aromatic N) is 3. The van der Waals surface area contributed by atoms with Crippen molar-refractivity contribution in [2.75, 3.05) is 5.32 Å². The summed E-state index contributed by atoms with van der Waals surface area (Å²) < 4.78 is 6.46. The topological polar surface area (TPSA) is 102 Å². The Labute approximate surface area is 143 Å². The van der Waals surface area contributed by atoms with Gasteiger partial charge >= 0.3 is 0 Å². The molecule has 3 rings (SSSR count). The fraction of sp³-hybridized carbons (Fsp3) is 0.176. The third kappa shape index (κ3) is 3.74. The highest BCUT2D eigenvalue weighted by Crippen LogP contribution is 2.14. The van der Waals surface area contributed by atoms with Gasteiger partial charge in [-0.25, -0.2) is 0 Å². The van der Waals surface area contributed by atoms with E-state index in [9.17, 15) is 9.59 Å². The zero-order chi connectivity index (χ0) is 17.8. The van der Waals surface area contributed by atoms with Gasteiger partial charge in [0.15, 0.2) is 11.5 Å². The Morgan fingerprint density at radius 1 is 1.20 bits per heavy atom. The van der Waals surface area contributed by atoms with E-state index in [1.165, 1.54) is 17.0 Å². The zero-order valence-corrected chi connectivity index (χ0v) is 13.8. The van der Waals surface area contributed by atoms with Crippen molar-refractivity contribution in [2.24, 2.45) is 7.05 Å². The fourth-order valence-corrected chi connectivity index (χ4v) is 2.29. The molecule has 2 N–H and O–H groups in total. The molecule has 25 heavy (non-hydrogen) atoms. The smallest absolute Gasteiger partial charge is 0.292 e. The molecule has 0 aromatic carbocycles. The summed E-state index contributed by atoms with van der Waals surface area (Å²) in [6.07, 6.45) is 4.75. The number of rotatable bonds is 5. The quantitative estimate of drug-likeness (QED) is 0.741. The molecule has 0 saturated carbocycles. The van der Waals surface area contributed by atoms with Crippen molar-refractivity contribution in [1.29, 1.82) is 0 Å². The Bertz CT molecular complexity index is 871. The molecule has 128 valence electrons. The van der Waals surface area contributed by atoms with E-state index in [1.54, 1.807) is 31.6 Å². The highest BCUT2D eigenvalue weighted by atomic mass is 16.3. The lowest BCUT2D eigenvalue weighted by molar-refractivity contribution is 0.0933. The minimum Gasteiger partial charge on any atom is -0.459 e. The number of carbonyl (C=O) groups excluding carboxylic acids is 2. The molecular formula is C17H17N5O3. The van der Waals surface area contributed by atoms with Gasteiger partial charge < -0.3 is 15.1 Å². The molecule has 0 spiro atoms. The Kier molecular flexibility index (Phi) is 4.60. The van der Waals surface area contributed by atoms with E-state index in [4.69, 9.17) is 4.42 Å². The molecule has 0 aliphatic carbocycles. The second kappa shape index (κ2) is 7.00. The largest absolute Gasteiger partial charge is 0.459 e. The van der Waals surface area contributed by atoms with Crippen molar-refractivity contribution < 1.29 is 14.0 Å². The van der Waals surface area contributed by atoms with E-state index >= 15 is 0 Å². The molecule has 8 nitrogen and oxygen atoms in total. The first-order chi connectivity index (χ1) is 12.0. The van der Waals surface area contributed by atoms with Crippen LogP contribution in [0.1, 0.15) is 39.6 Å². The van der Waals surface area contributed by atoms with Gasteiger partial charge in [-0.05, 0) is 36.8 Å². The Hall–Kier alpha value is -3.42. The van der Waals surface area contributed by atoms with Gasteiger partial charge in [-0.3, -0.25) is 19.3 Å². The lowest BCUT2D eigenvalue weighted by Crippen LogP contribution is -2.27. The summed E-state index contributed by atoms with van der Waals surface area (Å²) in [6, 6.07) is 8.15. The van der Waals surface area contributed by atoms with E-state index < -0.39 is 5.91 Å². The highest BCUT2D eigenvalue weighted by molar-refractivity contribution is 6.02. The lowest BCUT2D eigenvalue weighted by Gasteiger charge is -2.12. The zero-order valence-electron chi connectivity index (χ0n) is 13.8. The maximum atomic E-state index is 12.4. The third-order valence-electron chi connectivity index (χ3n) is 3.65. The third-order valence-corrected chi connectivity index (χ3v) is 3.65. The monoisotopic (exact) mass is 339 g/mol. The Morgan fingerprint density at radius 2 is 1.96 bits per heavy atom. The summed E-state index contributed by atoms with van der Waals surface area (Å²) in [4.78, 5) is 28.3. The first kappa shape index (κ1) is 16.4. The standard InChI is InChI=1S/C17H17N5O3/c1-11(12-5-7-18-8-6-12)19-16(23)13-10-15(22(2)21-13)20-17(24)14-4-3-9-25-14/h3-11H,1-2H3,(H,19,23)(H,20,24). The van der Waals surface area contributed by atoms with Gasteiger partial charge in [0.2, 0.25) is 0 Å². The molecule has 3 aromatic rings. The molecule has 0 saturated heterocycles. The summed E-state index contributed by atoms with van der Waals surface area (Å²) in [6.45, 7) is 1.87. The van der Waals surface area contributed by atoms with Crippen LogP contribution < -0.4 is 10.6 Å². The van der Waals surface area contributed by atoms with Crippen molar-refractivity contribution in [1.82, 2.24) is 20.1 Å². The first-order valence-corrected chi connectivity index (χ1v) is 7.64. The van der Waals surface area contributed by atoms with Gasteiger partial charge in [-0.15, -0.1) is 0 Å². The number of anilines is 1. The molecule has 0 radical (unpaired) electrons. The van der Waals surface area contributed by atoms with E-state index in [2.05, 4.69) is 20.7 Å². The van der Waals surface area contributed by atoms with Crippen molar-refractivity contribution in [3.05, 3.63) is 66.0 Å². The summed E-state index contributed by atoms with van der Waals surface area (Å²) in [5, 5.41) is 9.65. The maximum Gasteiger partial charge on any atom is 0.292 e. The number of hydrogen-bond acceptors (Lipinski definition) is 5. The molecule has 0 aliphatic heterocycles. The minimum atomic E-state index is -0.412. The molecule has 0 bridgehead atoms. The average molecular weight is 339 g/mol. The van der Waals surface area contributed by atoms with Gasteiger partial charge in [-0.1, -0.05) is 0 Å². The van der Waals surface area contributed by atoms with Gasteiger partial charge in [0, 0.05) is 25.5 Å². The first-order valence-electron chi connectivity index (χ1n) is 7.64. The number of hydrogen-bond donors (Lipinski definition) is 2. The van der Waals surface area contributed by atoms with Crippen molar-refractivity contribution in [3.63, 3.8) is 0 Å². The van der Waals surface area contributed by atoms with Crippen LogP contribution in [-0.2, 0) is 7.05 Å². The number of aromatic nitrogens is 3. The van der Waals surface area contributed by atoms with Gasteiger partial charge in [-0.2, -0.15) is 5.10 Å². The number of carbonyl (C=O) groups is 2. The molecule has 0 aliphatic rings. The fourth-order valence-electron chi connectivity index (χ4n) is 2.29. The van der Waals surface area contributed by atoms with Gasteiger partial charge in [0.1, 0.15) is 5.82 Å². The number of nitrogens with one attached hydrogen (secondary N) is 2. The normalized spacial score (nSPS) is 11.8. The number of pyridine rings is 1. The van der Waals surface area contributed by atoms with E-state index in [1.807, 2.05) is 19.1 Å². The number of furan rings is 1. The summed E-state index contributed by atoms with van der Waals surface area (Å²) in [5.74, 6) is -0.176. The summed E-state index contributed by atoms with van der Waals surface area (Å²) in [5.41, 5.74) is 1.14. The Morgan fingerprint density at radius 3 is 2.64 bits per heavy atom. The molecule has 2 amide bonds. The molecule has 3 aromatic heterocycles. The van der Waals surface area contributed by atoms with Crippen molar-refractivity contribution in [2.45, 2.75) is 13.0 Å². The van der Waals surface area contributed by atoms with Crippen LogP contribution in [0.25, 0.3) is 0 Å².